The fourth-order valence-electron chi connectivity index (χ4n) is 4.41. The van der Waals surface area contributed by atoms with Crippen LogP contribution in [0.4, 0.5) is 8.78 Å². The molecule has 0 atom stereocenters. The van der Waals surface area contributed by atoms with E-state index in [2.05, 4.69) is 9.97 Å². The smallest absolute Gasteiger partial charge is 0.132 e. The number of hydrogen-bond donors (Lipinski definition) is 1. The first kappa shape index (κ1) is 27.9. The first-order valence-electron chi connectivity index (χ1n) is 12.2. The lowest BCUT2D eigenvalue weighted by Gasteiger charge is -2.10. The highest BCUT2D eigenvalue weighted by molar-refractivity contribution is 6.35. The number of aliphatic hydroxyl groups excluding tert-OH is 1. The Labute approximate surface area is 244 Å². The second kappa shape index (κ2) is 12.3. The molecular formula is C32H21Cl3F2N2O. The van der Waals surface area contributed by atoms with Crippen LogP contribution < -0.4 is 0 Å². The molecule has 1 N–H and O–H groups in total. The molecule has 0 radical (unpaired) electrons. The zero-order chi connectivity index (χ0) is 28.2. The quantitative estimate of drug-likeness (QED) is 0.207. The monoisotopic (exact) mass is 592 g/mol. The van der Waals surface area contributed by atoms with Gasteiger partial charge in [-0.3, -0.25) is 0 Å². The third kappa shape index (κ3) is 5.65. The molecule has 6 rings (SSSR count). The summed E-state index contributed by atoms with van der Waals surface area (Å²) >= 11 is 18.3. The van der Waals surface area contributed by atoms with Crippen molar-refractivity contribution in [1.29, 1.82) is 0 Å². The highest BCUT2D eigenvalue weighted by atomic mass is 35.5. The van der Waals surface area contributed by atoms with E-state index in [0.717, 1.165) is 16.3 Å². The first-order chi connectivity index (χ1) is 19.4. The second-order valence-electron chi connectivity index (χ2n) is 8.87. The molecule has 0 aliphatic carbocycles. The van der Waals surface area contributed by atoms with Gasteiger partial charge in [0, 0.05) is 33.3 Å². The van der Waals surface area contributed by atoms with Crippen molar-refractivity contribution in [3.63, 3.8) is 0 Å². The summed E-state index contributed by atoms with van der Waals surface area (Å²) in [6, 6.07) is 27.5. The third-order valence-electron chi connectivity index (χ3n) is 6.32. The van der Waals surface area contributed by atoms with E-state index in [0.29, 0.717) is 49.2 Å². The van der Waals surface area contributed by atoms with Gasteiger partial charge in [0.15, 0.2) is 0 Å². The summed E-state index contributed by atoms with van der Waals surface area (Å²) in [6.07, 6.45) is 0. The number of fused-ring (bicyclic) bond motifs is 2. The maximum atomic E-state index is 14.0. The first-order valence-corrected chi connectivity index (χ1v) is 13.5. The second-order valence-corrected chi connectivity index (χ2v) is 9.95. The minimum atomic E-state index is -0.374. The van der Waals surface area contributed by atoms with Crippen LogP contribution >= 0.6 is 34.8 Å². The van der Waals surface area contributed by atoms with Crippen molar-refractivity contribution < 1.29 is 13.9 Å². The van der Waals surface area contributed by atoms with Crippen LogP contribution in [0.2, 0.25) is 10.0 Å². The van der Waals surface area contributed by atoms with Gasteiger partial charge in [0.25, 0.3) is 0 Å². The molecule has 0 saturated heterocycles. The molecule has 4 aromatic carbocycles. The van der Waals surface area contributed by atoms with Gasteiger partial charge in [0.2, 0.25) is 0 Å². The van der Waals surface area contributed by atoms with E-state index < -0.39 is 0 Å². The number of aliphatic hydroxyl groups is 1. The minimum absolute atomic E-state index is 0.209. The summed E-state index contributed by atoms with van der Waals surface area (Å²) in [4.78, 5) is 8.96. The number of nitrogens with zero attached hydrogens (tertiary/aromatic N) is 2. The summed E-state index contributed by atoms with van der Waals surface area (Å²) in [5.41, 5.74) is 4.37. The van der Waals surface area contributed by atoms with Crippen molar-refractivity contribution in [3.05, 3.63) is 130 Å². The van der Waals surface area contributed by atoms with Gasteiger partial charge < -0.3 is 5.11 Å². The number of benzene rings is 4. The van der Waals surface area contributed by atoms with Crippen molar-refractivity contribution in [3.8, 4) is 22.5 Å². The van der Waals surface area contributed by atoms with Crippen LogP contribution in [-0.2, 0) is 12.5 Å². The molecule has 2 heterocycles. The maximum absolute atomic E-state index is 14.0. The molecule has 0 unspecified atom stereocenters. The Morgan fingerprint density at radius 3 is 1.50 bits per heavy atom. The molecular weight excluding hydrogens is 573 g/mol. The standard InChI is InChI=1S/C16H10Cl2FN.C16H11ClFNO/c17-9-11-8-10-4-3-6-13(18)16(10)20-15(11)12-5-1-2-7-14(12)19;17-13-6-3-4-10-8-11(9-20)15(19-16(10)13)12-5-1-2-7-14(12)18/h1-8H,9H2;1-8,20H,9H2. The minimum Gasteiger partial charge on any atom is -0.392 e. The van der Waals surface area contributed by atoms with Crippen molar-refractivity contribution in [2.45, 2.75) is 12.5 Å². The van der Waals surface area contributed by atoms with Crippen LogP contribution in [0.3, 0.4) is 0 Å². The molecule has 40 heavy (non-hydrogen) atoms. The van der Waals surface area contributed by atoms with Gasteiger partial charge in [-0.1, -0.05) is 71.7 Å². The molecule has 6 aromatic rings. The van der Waals surface area contributed by atoms with Crippen LogP contribution in [-0.4, -0.2) is 15.1 Å². The predicted octanol–water partition coefficient (Wildman–Crippen LogP) is 9.62. The van der Waals surface area contributed by atoms with Crippen LogP contribution in [0, 0.1) is 11.6 Å². The lowest BCUT2D eigenvalue weighted by Crippen LogP contribution is -1.96. The van der Waals surface area contributed by atoms with Crippen molar-refractivity contribution in [1.82, 2.24) is 9.97 Å². The highest BCUT2D eigenvalue weighted by Gasteiger charge is 2.15. The molecule has 0 fully saturated rings. The Balaban J connectivity index is 0.000000161. The Morgan fingerprint density at radius 2 is 1.05 bits per heavy atom. The van der Waals surface area contributed by atoms with Gasteiger partial charge in [-0.25, -0.2) is 18.7 Å². The van der Waals surface area contributed by atoms with Gasteiger partial charge in [0.1, 0.15) is 11.6 Å². The zero-order valence-electron chi connectivity index (χ0n) is 20.9. The van der Waals surface area contributed by atoms with Crippen molar-refractivity contribution in [2.75, 3.05) is 0 Å². The fourth-order valence-corrected chi connectivity index (χ4v) is 5.06. The molecule has 2 aromatic heterocycles. The number of halogens is 5. The number of hydrogen-bond acceptors (Lipinski definition) is 3. The molecule has 0 bridgehead atoms. The van der Waals surface area contributed by atoms with E-state index in [1.807, 2.05) is 30.3 Å². The van der Waals surface area contributed by atoms with Crippen LogP contribution in [0.1, 0.15) is 11.1 Å². The molecule has 8 heteroatoms. The van der Waals surface area contributed by atoms with E-state index in [-0.39, 0.29) is 24.1 Å². The lowest BCUT2D eigenvalue weighted by molar-refractivity contribution is 0.282. The van der Waals surface area contributed by atoms with Gasteiger partial charge >= 0.3 is 0 Å². The summed E-state index contributed by atoms with van der Waals surface area (Å²) < 4.78 is 27.9. The normalized spacial score (nSPS) is 10.9. The molecule has 0 amide bonds. The SMILES string of the molecule is Fc1ccccc1-c1nc2c(Cl)cccc2cc1CCl.OCc1cc2cccc(Cl)c2nc1-c1ccccc1F. The Hall–Kier alpha value is -3.61. The topological polar surface area (TPSA) is 46.0 Å². The van der Waals surface area contributed by atoms with Gasteiger partial charge in [-0.15, -0.1) is 11.6 Å². The van der Waals surface area contributed by atoms with E-state index >= 15 is 0 Å². The number of pyridine rings is 2. The van der Waals surface area contributed by atoms with Crippen LogP contribution in [0.5, 0.6) is 0 Å². The Bertz CT molecular complexity index is 1710. The predicted molar refractivity (Wildman–Crippen MR) is 160 cm³/mol. The summed E-state index contributed by atoms with van der Waals surface area (Å²) in [6.45, 7) is -0.209. The number of aromatic nitrogens is 2. The van der Waals surface area contributed by atoms with Crippen molar-refractivity contribution in [2.24, 2.45) is 0 Å². The molecule has 0 saturated carbocycles. The molecule has 0 spiro atoms. The number of para-hydroxylation sites is 2. The van der Waals surface area contributed by atoms with E-state index in [4.69, 9.17) is 34.8 Å². The van der Waals surface area contributed by atoms with Crippen molar-refractivity contribution >= 4 is 56.6 Å². The van der Waals surface area contributed by atoms with Crippen LogP contribution in [0.25, 0.3) is 44.3 Å². The van der Waals surface area contributed by atoms with E-state index in [1.165, 1.54) is 12.1 Å². The van der Waals surface area contributed by atoms with Gasteiger partial charge in [-0.05, 0) is 54.1 Å². The van der Waals surface area contributed by atoms with E-state index in [1.54, 1.807) is 54.6 Å². The average Bonchev–Trinajstić information content (AvgIpc) is 2.97. The van der Waals surface area contributed by atoms with Gasteiger partial charge in [-0.2, -0.15) is 0 Å². The lowest BCUT2D eigenvalue weighted by atomic mass is 10.0. The summed E-state index contributed by atoms with van der Waals surface area (Å²) in [7, 11) is 0. The number of alkyl halides is 1. The van der Waals surface area contributed by atoms with Gasteiger partial charge in [0.05, 0.1) is 39.1 Å². The fraction of sp³-hybridized carbons (Fsp3) is 0.0625. The average molecular weight is 594 g/mol. The summed E-state index contributed by atoms with van der Waals surface area (Å²) in [5.74, 6) is -0.432. The highest BCUT2D eigenvalue weighted by Crippen LogP contribution is 2.32. The molecule has 0 aliphatic heterocycles. The zero-order valence-corrected chi connectivity index (χ0v) is 23.2. The largest absolute Gasteiger partial charge is 0.392 e. The molecule has 0 aliphatic rings. The Kier molecular flexibility index (Phi) is 8.57. The molecule has 200 valence electrons. The van der Waals surface area contributed by atoms with E-state index in [9.17, 15) is 13.9 Å². The summed E-state index contributed by atoms with van der Waals surface area (Å²) in [5, 5.41) is 12.3. The van der Waals surface area contributed by atoms with Crippen LogP contribution in [0.15, 0.2) is 97.1 Å². The third-order valence-corrected chi connectivity index (χ3v) is 7.22. The molecule has 3 nitrogen and oxygen atoms in total. The Morgan fingerprint density at radius 1 is 0.600 bits per heavy atom. The number of rotatable bonds is 4. The maximum Gasteiger partial charge on any atom is 0.132 e.